The summed E-state index contributed by atoms with van der Waals surface area (Å²) in [4.78, 5) is 20.9. The minimum absolute atomic E-state index is 0.282. The van der Waals surface area contributed by atoms with Crippen molar-refractivity contribution in [2.75, 3.05) is 12.4 Å². The minimum Gasteiger partial charge on any atom is -0.373 e. The maximum absolute atomic E-state index is 11.7. The van der Waals surface area contributed by atoms with Crippen LogP contribution >= 0.6 is 0 Å². The smallest absolute Gasteiger partial charge is 0.254 e. The van der Waals surface area contributed by atoms with Crippen LogP contribution in [-0.2, 0) is 0 Å². The summed E-state index contributed by atoms with van der Waals surface area (Å²) in [6.07, 6.45) is 5.12. The molecule has 26 heavy (non-hydrogen) atoms. The Morgan fingerprint density at radius 2 is 2.08 bits per heavy atom. The molecule has 0 atom stereocenters. The summed E-state index contributed by atoms with van der Waals surface area (Å²) in [6.45, 7) is 4.27. The van der Waals surface area contributed by atoms with Crippen LogP contribution in [0.5, 0.6) is 0 Å². The first-order chi connectivity index (χ1) is 12.5. The number of amides is 1. The lowest BCUT2D eigenvalue weighted by Crippen LogP contribution is -2.12. The fourth-order valence-electron chi connectivity index (χ4n) is 3.14. The SMILES string of the molecule is CNc1cc(-c2ccc(C(C)C)c3nccn23)nc2c(C(N)=O)cnn12. The van der Waals surface area contributed by atoms with Crippen LogP contribution in [0.1, 0.15) is 35.7 Å². The Hall–Kier alpha value is -3.42. The molecule has 0 spiro atoms. The predicted octanol–water partition coefficient (Wildman–Crippen LogP) is 2.31. The molecule has 0 aliphatic carbocycles. The maximum atomic E-state index is 11.7. The van der Waals surface area contributed by atoms with Crippen LogP contribution in [0.2, 0.25) is 0 Å². The molecule has 0 saturated heterocycles. The number of pyridine rings is 1. The van der Waals surface area contributed by atoms with Crippen molar-refractivity contribution in [3.63, 3.8) is 0 Å². The first kappa shape index (κ1) is 16.1. The van der Waals surface area contributed by atoms with E-state index in [9.17, 15) is 4.79 Å². The Balaban J connectivity index is 2.02. The van der Waals surface area contributed by atoms with Crippen molar-refractivity contribution >= 4 is 23.0 Å². The first-order valence-electron chi connectivity index (χ1n) is 8.34. The molecule has 0 aliphatic rings. The molecule has 0 bridgehead atoms. The standard InChI is InChI=1S/C18H19N7O/c1-10(2)11-4-5-14(24-7-6-21-17(11)24)13-8-15(20-3)25-18(23-13)12(9-22-25)16(19)26/h4-10,20H,1-3H3,(H2,19,26). The fraction of sp³-hybridized carbons (Fsp3) is 0.222. The fourth-order valence-corrected chi connectivity index (χ4v) is 3.14. The summed E-state index contributed by atoms with van der Waals surface area (Å²) < 4.78 is 3.57. The molecule has 0 fully saturated rings. The highest BCUT2D eigenvalue weighted by atomic mass is 16.1. The largest absolute Gasteiger partial charge is 0.373 e. The monoisotopic (exact) mass is 349 g/mol. The van der Waals surface area contributed by atoms with E-state index in [-0.39, 0.29) is 5.56 Å². The molecule has 8 nitrogen and oxygen atoms in total. The molecule has 3 N–H and O–H groups in total. The highest BCUT2D eigenvalue weighted by Crippen LogP contribution is 2.28. The number of rotatable bonds is 4. The van der Waals surface area contributed by atoms with E-state index in [1.165, 1.54) is 6.20 Å². The Bertz CT molecular complexity index is 1140. The van der Waals surface area contributed by atoms with Crippen molar-refractivity contribution in [2.45, 2.75) is 19.8 Å². The van der Waals surface area contributed by atoms with E-state index in [1.54, 1.807) is 17.8 Å². The van der Waals surface area contributed by atoms with Crippen LogP contribution in [-0.4, -0.2) is 36.9 Å². The van der Waals surface area contributed by atoms with Crippen molar-refractivity contribution in [3.05, 3.63) is 47.9 Å². The number of fused-ring (bicyclic) bond motifs is 2. The lowest BCUT2D eigenvalue weighted by molar-refractivity contribution is 0.100. The van der Waals surface area contributed by atoms with Gasteiger partial charge >= 0.3 is 0 Å². The third-order valence-electron chi connectivity index (χ3n) is 4.46. The third kappa shape index (κ3) is 2.30. The summed E-state index contributed by atoms with van der Waals surface area (Å²) >= 11 is 0. The van der Waals surface area contributed by atoms with Gasteiger partial charge in [0.25, 0.3) is 5.91 Å². The molecule has 0 aliphatic heterocycles. The quantitative estimate of drug-likeness (QED) is 0.588. The number of primary amides is 1. The molecule has 4 rings (SSSR count). The number of carbonyl (C=O) groups excluding carboxylic acids is 1. The van der Waals surface area contributed by atoms with Gasteiger partial charge in [0.05, 0.1) is 17.6 Å². The molecule has 4 heterocycles. The zero-order valence-electron chi connectivity index (χ0n) is 14.8. The number of nitrogens with one attached hydrogen (secondary N) is 1. The molecule has 0 saturated carbocycles. The number of anilines is 1. The number of hydrogen-bond donors (Lipinski definition) is 2. The Kier molecular flexibility index (Phi) is 3.61. The summed E-state index contributed by atoms with van der Waals surface area (Å²) in [5.74, 6) is 0.502. The van der Waals surface area contributed by atoms with Crippen molar-refractivity contribution in [1.82, 2.24) is 24.0 Å². The van der Waals surface area contributed by atoms with E-state index in [2.05, 4.69) is 40.3 Å². The van der Waals surface area contributed by atoms with E-state index in [1.807, 2.05) is 22.7 Å². The van der Waals surface area contributed by atoms with E-state index in [0.29, 0.717) is 23.1 Å². The number of nitrogens with two attached hydrogens (primary N) is 1. The molecule has 0 radical (unpaired) electrons. The Morgan fingerprint density at radius 3 is 2.77 bits per heavy atom. The molecular weight excluding hydrogens is 330 g/mol. The van der Waals surface area contributed by atoms with Gasteiger partial charge in [-0.3, -0.25) is 9.20 Å². The van der Waals surface area contributed by atoms with E-state index < -0.39 is 5.91 Å². The van der Waals surface area contributed by atoms with E-state index >= 15 is 0 Å². The van der Waals surface area contributed by atoms with Gasteiger partial charge in [-0.15, -0.1) is 0 Å². The predicted molar refractivity (Wildman–Crippen MR) is 99.3 cm³/mol. The summed E-state index contributed by atoms with van der Waals surface area (Å²) in [5, 5.41) is 7.29. The minimum atomic E-state index is -0.561. The van der Waals surface area contributed by atoms with Gasteiger partial charge in [-0.2, -0.15) is 9.61 Å². The van der Waals surface area contributed by atoms with Gasteiger partial charge in [-0.25, -0.2) is 9.97 Å². The normalized spacial score (nSPS) is 11.5. The molecule has 4 aromatic rings. The first-order valence-corrected chi connectivity index (χ1v) is 8.34. The second-order valence-electron chi connectivity index (χ2n) is 6.38. The van der Waals surface area contributed by atoms with Gasteiger partial charge in [0.15, 0.2) is 5.65 Å². The van der Waals surface area contributed by atoms with Crippen LogP contribution in [0.3, 0.4) is 0 Å². The van der Waals surface area contributed by atoms with Gasteiger partial charge < -0.3 is 11.1 Å². The van der Waals surface area contributed by atoms with Crippen molar-refractivity contribution in [3.8, 4) is 11.4 Å². The second-order valence-corrected chi connectivity index (χ2v) is 6.38. The molecule has 8 heteroatoms. The van der Waals surface area contributed by atoms with Gasteiger partial charge in [-0.05, 0) is 17.5 Å². The number of imidazole rings is 1. The summed E-state index contributed by atoms with van der Waals surface area (Å²) in [7, 11) is 1.79. The van der Waals surface area contributed by atoms with Crippen molar-refractivity contribution < 1.29 is 4.79 Å². The summed E-state index contributed by atoms with van der Waals surface area (Å²) in [5.41, 5.74) is 9.79. The average molecular weight is 349 g/mol. The van der Waals surface area contributed by atoms with Gasteiger partial charge in [0.1, 0.15) is 17.0 Å². The molecular formula is C18H19N7O. The topological polar surface area (TPSA) is 103 Å². The lowest BCUT2D eigenvalue weighted by atomic mass is 10.0. The molecule has 4 aromatic heterocycles. The van der Waals surface area contributed by atoms with Crippen LogP contribution in [0.15, 0.2) is 36.8 Å². The van der Waals surface area contributed by atoms with Gasteiger partial charge in [0.2, 0.25) is 0 Å². The molecule has 0 aromatic carbocycles. The van der Waals surface area contributed by atoms with Crippen molar-refractivity contribution in [2.24, 2.45) is 5.73 Å². The number of nitrogens with zero attached hydrogens (tertiary/aromatic N) is 5. The van der Waals surface area contributed by atoms with Crippen LogP contribution in [0.25, 0.3) is 22.7 Å². The third-order valence-corrected chi connectivity index (χ3v) is 4.46. The Morgan fingerprint density at radius 1 is 1.27 bits per heavy atom. The van der Waals surface area contributed by atoms with Gasteiger partial charge in [-0.1, -0.05) is 19.9 Å². The van der Waals surface area contributed by atoms with E-state index in [4.69, 9.17) is 5.73 Å². The molecule has 1 amide bonds. The number of carbonyl (C=O) groups is 1. The number of hydrogen-bond acceptors (Lipinski definition) is 5. The zero-order chi connectivity index (χ0) is 18.4. The summed E-state index contributed by atoms with van der Waals surface area (Å²) in [6, 6.07) is 5.97. The maximum Gasteiger partial charge on any atom is 0.254 e. The van der Waals surface area contributed by atoms with E-state index in [0.717, 1.165) is 16.9 Å². The zero-order valence-corrected chi connectivity index (χ0v) is 14.8. The van der Waals surface area contributed by atoms with Crippen LogP contribution in [0.4, 0.5) is 5.82 Å². The Labute approximate surface area is 149 Å². The van der Waals surface area contributed by atoms with Crippen molar-refractivity contribution in [1.29, 1.82) is 0 Å². The lowest BCUT2D eigenvalue weighted by Gasteiger charge is -2.13. The average Bonchev–Trinajstić information content (AvgIpc) is 3.26. The molecule has 0 unspecified atom stereocenters. The second kappa shape index (κ2) is 5.83. The van der Waals surface area contributed by atoms with Gasteiger partial charge in [0, 0.05) is 25.5 Å². The highest BCUT2D eigenvalue weighted by Gasteiger charge is 2.17. The van der Waals surface area contributed by atoms with Crippen LogP contribution < -0.4 is 11.1 Å². The van der Waals surface area contributed by atoms with Crippen LogP contribution in [0, 0.1) is 0 Å². The number of aromatic nitrogens is 5. The molecule has 132 valence electrons. The highest BCUT2D eigenvalue weighted by molar-refractivity contribution is 5.99.